The van der Waals surface area contributed by atoms with Gasteiger partial charge < -0.3 is 15.4 Å². The molecular weight excluding hydrogens is 288 g/mol. The van der Waals surface area contributed by atoms with Gasteiger partial charge in [-0.05, 0) is 37.1 Å². The molecule has 1 aliphatic heterocycles. The van der Waals surface area contributed by atoms with E-state index in [1.807, 2.05) is 24.3 Å². The first-order valence-corrected chi connectivity index (χ1v) is 8.01. The highest BCUT2D eigenvalue weighted by atomic mass is 32.2. The number of benzene rings is 1. The fourth-order valence-electron chi connectivity index (χ4n) is 2.07. The monoisotopic (exact) mass is 308 g/mol. The third kappa shape index (κ3) is 5.77. The SMILES string of the molecule is CC(=O)Nc1ccc(SCC(=O)NCC2CCCO2)cc1. The van der Waals surface area contributed by atoms with E-state index in [9.17, 15) is 9.59 Å². The van der Waals surface area contributed by atoms with Gasteiger partial charge in [0.05, 0.1) is 11.9 Å². The van der Waals surface area contributed by atoms with Gasteiger partial charge in [0.25, 0.3) is 0 Å². The summed E-state index contributed by atoms with van der Waals surface area (Å²) in [5, 5.41) is 5.60. The second-order valence-electron chi connectivity index (χ2n) is 4.93. The van der Waals surface area contributed by atoms with Gasteiger partial charge in [-0.2, -0.15) is 0 Å². The second kappa shape index (κ2) is 8.05. The average Bonchev–Trinajstić information content (AvgIpc) is 2.97. The molecule has 1 unspecified atom stereocenters. The Bertz CT molecular complexity index is 484. The largest absolute Gasteiger partial charge is 0.376 e. The smallest absolute Gasteiger partial charge is 0.230 e. The van der Waals surface area contributed by atoms with Gasteiger partial charge in [-0.1, -0.05) is 0 Å². The van der Waals surface area contributed by atoms with E-state index >= 15 is 0 Å². The number of hydrogen-bond donors (Lipinski definition) is 2. The molecule has 0 spiro atoms. The normalized spacial score (nSPS) is 17.5. The summed E-state index contributed by atoms with van der Waals surface area (Å²) < 4.78 is 5.45. The third-order valence-electron chi connectivity index (χ3n) is 3.10. The molecule has 1 aliphatic rings. The number of nitrogens with one attached hydrogen (secondary N) is 2. The van der Waals surface area contributed by atoms with Crippen molar-refractivity contribution in [3.63, 3.8) is 0 Å². The molecule has 1 heterocycles. The summed E-state index contributed by atoms with van der Waals surface area (Å²) in [6.45, 7) is 2.87. The maximum absolute atomic E-state index is 11.7. The van der Waals surface area contributed by atoms with Gasteiger partial charge in [0.15, 0.2) is 0 Å². The molecule has 1 atom stereocenters. The van der Waals surface area contributed by atoms with Gasteiger partial charge >= 0.3 is 0 Å². The maximum Gasteiger partial charge on any atom is 0.230 e. The summed E-state index contributed by atoms with van der Waals surface area (Å²) in [6, 6.07) is 7.44. The molecule has 114 valence electrons. The first-order chi connectivity index (χ1) is 10.1. The molecule has 2 N–H and O–H groups in total. The van der Waals surface area contributed by atoms with Crippen molar-refractivity contribution in [2.45, 2.75) is 30.8 Å². The van der Waals surface area contributed by atoms with Crippen LogP contribution in [0.25, 0.3) is 0 Å². The minimum atomic E-state index is -0.0936. The van der Waals surface area contributed by atoms with Crippen LogP contribution in [0, 0.1) is 0 Å². The number of hydrogen-bond acceptors (Lipinski definition) is 4. The summed E-state index contributed by atoms with van der Waals surface area (Å²) >= 11 is 1.47. The van der Waals surface area contributed by atoms with E-state index in [0.717, 1.165) is 30.0 Å². The van der Waals surface area contributed by atoms with E-state index in [0.29, 0.717) is 12.3 Å². The van der Waals surface area contributed by atoms with Crippen molar-refractivity contribution in [2.24, 2.45) is 0 Å². The molecule has 6 heteroatoms. The van der Waals surface area contributed by atoms with Crippen LogP contribution >= 0.6 is 11.8 Å². The lowest BCUT2D eigenvalue weighted by Crippen LogP contribution is -2.32. The number of carbonyl (C=O) groups is 2. The number of ether oxygens (including phenoxy) is 1. The summed E-state index contributed by atoms with van der Waals surface area (Å²) in [6.07, 6.45) is 2.28. The zero-order chi connectivity index (χ0) is 15.1. The number of amides is 2. The maximum atomic E-state index is 11.7. The van der Waals surface area contributed by atoms with Gasteiger partial charge in [0, 0.05) is 30.7 Å². The lowest BCUT2D eigenvalue weighted by Gasteiger charge is -2.10. The zero-order valence-electron chi connectivity index (χ0n) is 12.1. The highest BCUT2D eigenvalue weighted by Crippen LogP contribution is 2.20. The van der Waals surface area contributed by atoms with Crippen LogP contribution in [0.15, 0.2) is 29.2 Å². The molecule has 1 aromatic rings. The summed E-state index contributed by atoms with van der Waals surface area (Å²) in [7, 11) is 0. The molecular formula is C15H20N2O3S. The quantitative estimate of drug-likeness (QED) is 0.789. The lowest BCUT2D eigenvalue weighted by molar-refractivity contribution is -0.119. The Morgan fingerprint density at radius 1 is 1.33 bits per heavy atom. The Hall–Kier alpha value is -1.53. The highest BCUT2D eigenvalue weighted by molar-refractivity contribution is 8.00. The Kier molecular flexibility index (Phi) is 6.07. The van der Waals surface area contributed by atoms with Crippen molar-refractivity contribution in [3.8, 4) is 0 Å². The van der Waals surface area contributed by atoms with Crippen LogP contribution in [0.1, 0.15) is 19.8 Å². The third-order valence-corrected chi connectivity index (χ3v) is 4.11. The first-order valence-electron chi connectivity index (χ1n) is 7.02. The van der Waals surface area contributed by atoms with Gasteiger partial charge in [-0.3, -0.25) is 9.59 Å². The van der Waals surface area contributed by atoms with Gasteiger partial charge in [0.1, 0.15) is 0 Å². The fraction of sp³-hybridized carbons (Fsp3) is 0.467. The fourth-order valence-corrected chi connectivity index (χ4v) is 2.80. The van der Waals surface area contributed by atoms with Crippen molar-refractivity contribution >= 4 is 29.3 Å². The van der Waals surface area contributed by atoms with Crippen LogP contribution in [0.3, 0.4) is 0 Å². The molecule has 1 fully saturated rings. The van der Waals surface area contributed by atoms with Crippen LogP contribution in [-0.4, -0.2) is 36.8 Å². The molecule has 5 nitrogen and oxygen atoms in total. The van der Waals surface area contributed by atoms with Crippen LogP contribution in [0.4, 0.5) is 5.69 Å². The van der Waals surface area contributed by atoms with E-state index in [4.69, 9.17) is 4.74 Å². The average molecular weight is 308 g/mol. The number of anilines is 1. The van der Waals surface area contributed by atoms with Gasteiger partial charge in [0.2, 0.25) is 11.8 Å². The molecule has 1 aromatic carbocycles. The predicted molar refractivity (Wildman–Crippen MR) is 83.5 cm³/mol. The summed E-state index contributed by atoms with van der Waals surface area (Å²) in [5.41, 5.74) is 0.759. The minimum absolute atomic E-state index is 0.0152. The molecule has 0 aromatic heterocycles. The Labute approximate surface area is 128 Å². The van der Waals surface area contributed by atoms with Crippen LogP contribution < -0.4 is 10.6 Å². The van der Waals surface area contributed by atoms with Crippen molar-refractivity contribution in [1.82, 2.24) is 5.32 Å². The van der Waals surface area contributed by atoms with E-state index in [1.165, 1.54) is 18.7 Å². The van der Waals surface area contributed by atoms with Crippen LogP contribution in [0.2, 0.25) is 0 Å². The van der Waals surface area contributed by atoms with Crippen molar-refractivity contribution < 1.29 is 14.3 Å². The molecule has 0 saturated carbocycles. The molecule has 0 radical (unpaired) electrons. The Morgan fingerprint density at radius 2 is 2.10 bits per heavy atom. The van der Waals surface area contributed by atoms with Gasteiger partial charge in [-0.15, -0.1) is 11.8 Å². The van der Waals surface area contributed by atoms with E-state index in [2.05, 4.69) is 10.6 Å². The van der Waals surface area contributed by atoms with Crippen molar-refractivity contribution in [3.05, 3.63) is 24.3 Å². The number of carbonyl (C=O) groups excluding carboxylic acids is 2. The first kappa shape index (κ1) is 15.9. The van der Waals surface area contributed by atoms with E-state index < -0.39 is 0 Å². The predicted octanol–water partition coefficient (Wildman–Crippen LogP) is 2.03. The van der Waals surface area contributed by atoms with Crippen molar-refractivity contribution in [2.75, 3.05) is 24.2 Å². The van der Waals surface area contributed by atoms with E-state index in [1.54, 1.807) is 0 Å². The highest BCUT2D eigenvalue weighted by Gasteiger charge is 2.16. The molecule has 21 heavy (non-hydrogen) atoms. The zero-order valence-corrected chi connectivity index (χ0v) is 12.9. The molecule has 2 amide bonds. The van der Waals surface area contributed by atoms with Crippen LogP contribution in [0.5, 0.6) is 0 Å². The van der Waals surface area contributed by atoms with Crippen molar-refractivity contribution in [1.29, 1.82) is 0 Å². The second-order valence-corrected chi connectivity index (χ2v) is 5.98. The van der Waals surface area contributed by atoms with Crippen LogP contribution in [-0.2, 0) is 14.3 Å². The summed E-state index contributed by atoms with van der Waals surface area (Å²) in [5.74, 6) is 0.303. The molecule has 0 aliphatic carbocycles. The standard InChI is InChI=1S/C15H20N2O3S/c1-11(18)17-12-4-6-14(7-5-12)21-10-15(19)16-9-13-3-2-8-20-13/h4-7,13H,2-3,8-10H2,1H3,(H,16,19)(H,17,18). The summed E-state index contributed by atoms with van der Waals surface area (Å²) in [4.78, 5) is 23.7. The number of thioether (sulfide) groups is 1. The molecule has 2 rings (SSSR count). The topological polar surface area (TPSA) is 67.4 Å². The minimum Gasteiger partial charge on any atom is -0.376 e. The Balaban J connectivity index is 1.69. The molecule has 1 saturated heterocycles. The van der Waals surface area contributed by atoms with Gasteiger partial charge in [-0.25, -0.2) is 0 Å². The lowest BCUT2D eigenvalue weighted by atomic mass is 10.2. The molecule has 0 bridgehead atoms. The Morgan fingerprint density at radius 3 is 2.71 bits per heavy atom. The number of rotatable bonds is 6. The van der Waals surface area contributed by atoms with E-state index in [-0.39, 0.29) is 17.9 Å².